The van der Waals surface area contributed by atoms with Gasteiger partial charge in [-0.3, -0.25) is 4.98 Å². The maximum absolute atomic E-state index is 5.16. The monoisotopic (exact) mass is 145 g/mol. The van der Waals surface area contributed by atoms with E-state index in [9.17, 15) is 0 Å². The van der Waals surface area contributed by atoms with Crippen LogP contribution in [0.4, 0.5) is 0 Å². The van der Waals surface area contributed by atoms with E-state index in [0.29, 0.717) is 0 Å². The van der Waals surface area contributed by atoms with Gasteiger partial charge in [0, 0.05) is 18.3 Å². The Morgan fingerprint density at radius 1 is 1.64 bits per heavy atom. The molecule has 1 aromatic rings. The molecule has 1 heterocycles. The van der Waals surface area contributed by atoms with Crippen molar-refractivity contribution in [3.63, 3.8) is 0 Å². The largest absolute Gasteiger partial charge is 0.261 e. The van der Waals surface area contributed by atoms with Gasteiger partial charge in [-0.2, -0.15) is 0 Å². The van der Waals surface area contributed by atoms with Crippen molar-refractivity contribution in [3.8, 4) is 12.3 Å². The highest BCUT2D eigenvalue weighted by Crippen LogP contribution is 2.05. The van der Waals surface area contributed by atoms with Crippen LogP contribution in [0.2, 0.25) is 0 Å². The van der Waals surface area contributed by atoms with Gasteiger partial charge in [-0.15, -0.1) is 12.3 Å². The van der Waals surface area contributed by atoms with E-state index in [2.05, 4.69) is 17.0 Å². The molecule has 0 fully saturated rings. The maximum Gasteiger partial charge on any atom is 0.0404 e. The van der Waals surface area contributed by atoms with Crippen molar-refractivity contribution in [3.05, 3.63) is 29.6 Å². The first-order valence-electron chi connectivity index (χ1n) is 3.68. The fourth-order valence-electron chi connectivity index (χ4n) is 0.989. The Balaban J connectivity index is 2.71. The molecule has 0 spiro atoms. The van der Waals surface area contributed by atoms with Gasteiger partial charge in [0.1, 0.15) is 0 Å². The minimum Gasteiger partial charge on any atom is -0.261 e. The molecule has 1 nitrogen and oxygen atoms in total. The van der Waals surface area contributed by atoms with Crippen LogP contribution in [0.5, 0.6) is 0 Å². The SMILES string of the molecule is C#CCCc1cccnc1C. The highest BCUT2D eigenvalue weighted by Gasteiger charge is 1.94. The van der Waals surface area contributed by atoms with Gasteiger partial charge in [0.15, 0.2) is 0 Å². The van der Waals surface area contributed by atoms with Gasteiger partial charge in [0.05, 0.1) is 0 Å². The fourth-order valence-corrected chi connectivity index (χ4v) is 0.989. The van der Waals surface area contributed by atoms with Crippen LogP contribution in [0.3, 0.4) is 0 Å². The van der Waals surface area contributed by atoms with Gasteiger partial charge in [0.25, 0.3) is 0 Å². The molecule has 0 saturated carbocycles. The standard InChI is InChI=1S/C10H11N/c1-3-4-6-10-7-5-8-11-9(10)2/h1,5,7-8H,4,6H2,2H3. The first-order valence-corrected chi connectivity index (χ1v) is 3.68. The normalized spacial score (nSPS) is 9.09. The van der Waals surface area contributed by atoms with E-state index in [4.69, 9.17) is 6.42 Å². The second kappa shape index (κ2) is 3.78. The molecule has 0 aliphatic carbocycles. The topological polar surface area (TPSA) is 12.9 Å². The summed E-state index contributed by atoms with van der Waals surface area (Å²) in [5, 5.41) is 0. The summed E-state index contributed by atoms with van der Waals surface area (Å²) in [7, 11) is 0. The minimum absolute atomic E-state index is 0.798. The molecule has 0 atom stereocenters. The Kier molecular flexibility index (Phi) is 2.68. The third-order valence-corrected chi connectivity index (χ3v) is 1.66. The molecular formula is C10H11N. The quantitative estimate of drug-likeness (QED) is 0.580. The number of aryl methyl sites for hydroxylation is 2. The number of aromatic nitrogens is 1. The first-order chi connectivity index (χ1) is 5.34. The summed E-state index contributed by atoms with van der Waals surface area (Å²) in [6.07, 6.45) is 8.70. The molecule has 0 unspecified atom stereocenters. The number of nitrogens with zero attached hydrogens (tertiary/aromatic N) is 1. The summed E-state index contributed by atoms with van der Waals surface area (Å²) in [5.41, 5.74) is 2.34. The van der Waals surface area contributed by atoms with Gasteiger partial charge >= 0.3 is 0 Å². The van der Waals surface area contributed by atoms with Crippen LogP contribution in [-0.2, 0) is 6.42 Å². The molecule has 1 aromatic heterocycles. The predicted molar refractivity (Wildman–Crippen MR) is 46.1 cm³/mol. The van der Waals surface area contributed by atoms with E-state index in [1.807, 2.05) is 13.0 Å². The number of hydrogen-bond donors (Lipinski definition) is 0. The minimum atomic E-state index is 0.798. The van der Waals surface area contributed by atoms with Gasteiger partial charge in [0.2, 0.25) is 0 Å². The van der Waals surface area contributed by atoms with E-state index in [-0.39, 0.29) is 0 Å². The third-order valence-electron chi connectivity index (χ3n) is 1.66. The smallest absolute Gasteiger partial charge is 0.0404 e. The molecular weight excluding hydrogens is 134 g/mol. The van der Waals surface area contributed by atoms with Crippen molar-refractivity contribution in [2.75, 3.05) is 0 Å². The molecule has 0 aliphatic heterocycles. The molecule has 0 aliphatic rings. The zero-order chi connectivity index (χ0) is 8.10. The first kappa shape index (κ1) is 7.81. The number of rotatable bonds is 2. The Bertz CT molecular complexity index is 270. The molecule has 56 valence electrons. The van der Waals surface area contributed by atoms with Crippen LogP contribution in [-0.4, -0.2) is 4.98 Å². The maximum atomic E-state index is 5.16. The second-order valence-electron chi connectivity index (χ2n) is 2.45. The Morgan fingerprint density at radius 3 is 3.09 bits per heavy atom. The van der Waals surface area contributed by atoms with Crippen molar-refractivity contribution in [2.45, 2.75) is 19.8 Å². The van der Waals surface area contributed by atoms with E-state index in [0.717, 1.165) is 18.5 Å². The van der Waals surface area contributed by atoms with E-state index in [1.54, 1.807) is 6.20 Å². The number of pyridine rings is 1. The lowest BCUT2D eigenvalue weighted by Gasteiger charge is -1.99. The van der Waals surface area contributed by atoms with Crippen molar-refractivity contribution in [2.24, 2.45) is 0 Å². The molecule has 1 heteroatoms. The lowest BCUT2D eigenvalue weighted by Crippen LogP contribution is -1.90. The Morgan fingerprint density at radius 2 is 2.45 bits per heavy atom. The molecule has 11 heavy (non-hydrogen) atoms. The third kappa shape index (κ3) is 2.09. The van der Waals surface area contributed by atoms with Gasteiger partial charge in [-0.05, 0) is 25.0 Å². The van der Waals surface area contributed by atoms with Crippen LogP contribution >= 0.6 is 0 Å². The van der Waals surface area contributed by atoms with Crippen molar-refractivity contribution in [1.82, 2.24) is 4.98 Å². The van der Waals surface area contributed by atoms with Crippen LogP contribution < -0.4 is 0 Å². The second-order valence-corrected chi connectivity index (χ2v) is 2.45. The predicted octanol–water partition coefficient (Wildman–Crippen LogP) is 1.96. The van der Waals surface area contributed by atoms with E-state index in [1.165, 1.54) is 5.56 Å². The van der Waals surface area contributed by atoms with E-state index < -0.39 is 0 Å². The van der Waals surface area contributed by atoms with Gasteiger partial charge in [-0.25, -0.2) is 0 Å². The van der Waals surface area contributed by atoms with Crippen LogP contribution in [0, 0.1) is 19.3 Å². The summed E-state index contributed by atoms with van der Waals surface area (Å²) >= 11 is 0. The molecule has 0 amide bonds. The average Bonchev–Trinajstić information content (AvgIpc) is 2.03. The molecule has 0 bridgehead atoms. The van der Waals surface area contributed by atoms with Crippen molar-refractivity contribution < 1.29 is 0 Å². The molecule has 0 N–H and O–H groups in total. The van der Waals surface area contributed by atoms with Gasteiger partial charge < -0.3 is 0 Å². The summed E-state index contributed by atoms with van der Waals surface area (Å²) in [6, 6.07) is 4.01. The van der Waals surface area contributed by atoms with Crippen LogP contribution in [0.15, 0.2) is 18.3 Å². The molecule has 0 aromatic carbocycles. The highest BCUT2D eigenvalue weighted by atomic mass is 14.7. The zero-order valence-corrected chi connectivity index (χ0v) is 6.67. The van der Waals surface area contributed by atoms with Crippen molar-refractivity contribution in [1.29, 1.82) is 0 Å². The molecule has 1 rings (SSSR count). The average molecular weight is 145 g/mol. The molecule has 0 radical (unpaired) electrons. The number of hydrogen-bond acceptors (Lipinski definition) is 1. The van der Waals surface area contributed by atoms with E-state index >= 15 is 0 Å². The lowest BCUT2D eigenvalue weighted by molar-refractivity contribution is 0.981. The summed E-state index contributed by atoms with van der Waals surface area (Å²) < 4.78 is 0. The Labute approximate surface area is 67.5 Å². The summed E-state index contributed by atoms with van der Waals surface area (Å²) in [6.45, 7) is 2.01. The number of terminal acetylenes is 1. The summed E-state index contributed by atoms with van der Waals surface area (Å²) in [4.78, 5) is 4.16. The van der Waals surface area contributed by atoms with Crippen LogP contribution in [0.1, 0.15) is 17.7 Å². The van der Waals surface area contributed by atoms with Crippen molar-refractivity contribution >= 4 is 0 Å². The molecule has 0 saturated heterocycles. The highest BCUT2D eigenvalue weighted by molar-refractivity contribution is 5.19. The summed E-state index contributed by atoms with van der Waals surface area (Å²) in [5.74, 6) is 2.62. The zero-order valence-electron chi connectivity index (χ0n) is 6.67. The van der Waals surface area contributed by atoms with Crippen LogP contribution in [0.25, 0.3) is 0 Å². The fraction of sp³-hybridized carbons (Fsp3) is 0.300. The Hall–Kier alpha value is -1.29. The lowest BCUT2D eigenvalue weighted by atomic mass is 10.1. The van der Waals surface area contributed by atoms with Gasteiger partial charge in [-0.1, -0.05) is 6.07 Å².